The number of hydrogen-bond acceptors (Lipinski definition) is 2. The molecule has 3 rings (SSSR count). The van der Waals surface area contributed by atoms with Crippen LogP contribution in [0.25, 0.3) is 0 Å². The van der Waals surface area contributed by atoms with Gasteiger partial charge in [0.2, 0.25) is 5.91 Å². The number of benzene rings is 1. The first-order chi connectivity index (χ1) is 8.83. The smallest absolute Gasteiger partial charge is 0.236 e. The molecule has 1 aromatic rings. The Morgan fingerprint density at radius 2 is 2.06 bits per heavy atom. The van der Waals surface area contributed by atoms with Crippen molar-refractivity contribution in [2.45, 2.75) is 32.2 Å². The van der Waals surface area contributed by atoms with Crippen molar-refractivity contribution < 1.29 is 4.79 Å². The Morgan fingerprint density at radius 3 is 3.00 bits per heavy atom. The fourth-order valence-corrected chi connectivity index (χ4v) is 2.94. The maximum absolute atomic E-state index is 11.9. The number of carbonyl (C=O) groups is 1. The van der Waals surface area contributed by atoms with Gasteiger partial charge in [-0.2, -0.15) is 0 Å². The third-order valence-corrected chi connectivity index (χ3v) is 3.95. The summed E-state index contributed by atoms with van der Waals surface area (Å²) >= 11 is 0. The van der Waals surface area contributed by atoms with Crippen LogP contribution in [0.4, 0.5) is 0 Å². The van der Waals surface area contributed by atoms with Gasteiger partial charge in [0.05, 0.1) is 6.54 Å². The lowest BCUT2D eigenvalue weighted by Gasteiger charge is -2.20. The first-order valence-electron chi connectivity index (χ1n) is 6.92. The number of aryl methyl sites for hydroxylation is 2. The Balaban J connectivity index is 1.73. The fourth-order valence-electron chi connectivity index (χ4n) is 2.94. The molecular weight excluding hydrogens is 224 g/mol. The fraction of sp³-hybridized carbons (Fsp3) is 0.533. The SMILES string of the molecule is O=C1CNCCCN1Cc1ccc2c(c1)CCC2. The van der Waals surface area contributed by atoms with Gasteiger partial charge in [0.25, 0.3) is 0 Å². The molecule has 96 valence electrons. The zero-order valence-corrected chi connectivity index (χ0v) is 10.7. The predicted octanol–water partition coefficient (Wildman–Crippen LogP) is 1.50. The minimum Gasteiger partial charge on any atom is -0.337 e. The molecule has 0 saturated carbocycles. The minimum absolute atomic E-state index is 0.230. The second-order valence-electron chi connectivity index (χ2n) is 5.30. The highest BCUT2D eigenvalue weighted by molar-refractivity contribution is 5.78. The molecular formula is C15H20N2O. The summed E-state index contributed by atoms with van der Waals surface area (Å²) in [6.07, 6.45) is 4.77. The second-order valence-corrected chi connectivity index (χ2v) is 5.30. The zero-order chi connectivity index (χ0) is 12.4. The molecule has 3 heteroatoms. The molecule has 1 aromatic carbocycles. The lowest BCUT2D eigenvalue weighted by Crippen LogP contribution is -2.34. The molecule has 18 heavy (non-hydrogen) atoms. The van der Waals surface area contributed by atoms with Crippen LogP contribution in [0.1, 0.15) is 29.5 Å². The van der Waals surface area contributed by atoms with Crippen LogP contribution in [0, 0.1) is 0 Å². The number of carbonyl (C=O) groups excluding carboxylic acids is 1. The normalized spacial score (nSPS) is 19.8. The standard InChI is InChI=1S/C15H20N2O/c18-15-10-16-7-2-8-17(15)11-12-5-6-13-3-1-4-14(13)9-12/h5-6,9,16H,1-4,7-8,10-11H2. The quantitative estimate of drug-likeness (QED) is 0.855. The number of rotatable bonds is 2. The van der Waals surface area contributed by atoms with Gasteiger partial charge in [-0.1, -0.05) is 18.2 Å². The average Bonchev–Trinajstić information content (AvgIpc) is 2.75. The predicted molar refractivity (Wildman–Crippen MR) is 71.4 cm³/mol. The molecule has 0 unspecified atom stereocenters. The van der Waals surface area contributed by atoms with Gasteiger partial charge < -0.3 is 10.2 Å². The van der Waals surface area contributed by atoms with Crippen LogP contribution in [0.15, 0.2) is 18.2 Å². The van der Waals surface area contributed by atoms with Crippen molar-refractivity contribution in [3.63, 3.8) is 0 Å². The third-order valence-electron chi connectivity index (χ3n) is 3.95. The summed E-state index contributed by atoms with van der Waals surface area (Å²) < 4.78 is 0. The maximum atomic E-state index is 11.9. The molecule has 0 bridgehead atoms. The van der Waals surface area contributed by atoms with Crippen LogP contribution in [-0.2, 0) is 24.2 Å². The lowest BCUT2D eigenvalue weighted by atomic mass is 10.1. The van der Waals surface area contributed by atoms with E-state index in [1.807, 2.05) is 4.90 Å². The molecule has 1 fully saturated rings. The molecule has 0 aromatic heterocycles. The van der Waals surface area contributed by atoms with Gasteiger partial charge in [0.1, 0.15) is 0 Å². The molecule has 1 aliphatic carbocycles. The van der Waals surface area contributed by atoms with E-state index < -0.39 is 0 Å². The monoisotopic (exact) mass is 244 g/mol. The summed E-state index contributed by atoms with van der Waals surface area (Å²) in [5.41, 5.74) is 4.28. The van der Waals surface area contributed by atoms with E-state index in [-0.39, 0.29) is 5.91 Å². The third kappa shape index (κ3) is 2.41. The van der Waals surface area contributed by atoms with E-state index in [0.717, 1.165) is 26.1 Å². The minimum atomic E-state index is 0.230. The molecule has 2 aliphatic rings. The highest BCUT2D eigenvalue weighted by atomic mass is 16.2. The van der Waals surface area contributed by atoms with Gasteiger partial charge in [-0.05, 0) is 48.9 Å². The summed E-state index contributed by atoms with van der Waals surface area (Å²) in [5, 5.41) is 3.16. The van der Waals surface area contributed by atoms with Gasteiger partial charge in [0.15, 0.2) is 0 Å². The molecule has 0 spiro atoms. The summed E-state index contributed by atoms with van der Waals surface area (Å²) in [7, 11) is 0. The van der Waals surface area contributed by atoms with Crippen LogP contribution in [-0.4, -0.2) is 30.4 Å². The van der Waals surface area contributed by atoms with Crippen molar-refractivity contribution >= 4 is 5.91 Å². The molecule has 0 atom stereocenters. The molecule has 1 heterocycles. The summed E-state index contributed by atoms with van der Waals surface area (Å²) in [4.78, 5) is 13.9. The van der Waals surface area contributed by atoms with E-state index in [1.165, 1.54) is 36.0 Å². The number of fused-ring (bicyclic) bond motifs is 1. The molecule has 1 amide bonds. The Hall–Kier alpha value is -1.35. The van der Waals surface area contributed by atoms with Crippen molar-refractivity contribution in [1.29, 1.82) is 0 Å². The Kier molecular flexibility index (Phi) is 3.33. The van der Waals surface area contributed by atoms with Crippen molar-refractivity contribution in [3.05, 3.63) is 34.9 Å². The number of nitrogens with zero attached hydrogens (tertiary/aromatic N) is 1. The first-order valence-corrected chi connectivity index (χ1v) is 6.92. The molecule has 1 N–H and O–H groups in total. The average molecular weight is 244 g/mol. The van der Waals surface area contributed by atoms with Crippen LogP contribution < -0.4 is 5.32 Å². The Morgan fingerprint density at radius 1 is 1.17 bits per heavy atom. The zero-order valence-electron chi connectivity index (χ0n) is 10.7. The van der Waals surface area contributed by atoms with Crippen molar-refractivity contribution in [3.8, 4) is 0 Å². The second kappa shape index (κ2) is 5.11. The van der Waals surface area contributed by atoms with E-state index in [2.05, 4.69) is 23.5 Å². The molecule has 1 saturated heterocycles. The summed E-state index contributed by atoms with van der Waals surface area (Å²) in [6, 6.07) is 6.74. The summed E-state index contributed by atoms with van der Waals surface area (Å²) in [5.74, 6) is 0.230. The highest BCUT2D eigenvalue weighted by Gasteiger charge is 2.17. The Labute approximate surface area is 108 Å². The lowest BCUT2D eigenvalue weighted by molar-refractivity contribution is -0.130. The van der Waals surface area contributed by atoms with Gasteiger partial charge >= 0.3 is 0 Å². The molecule has 0 radical (unpaired) electrons. The molecule has 3 nitrogen and oxygen atoms in total. The van der Waals surface area contributed by atoms with E-state index in [1.54, 1.807) is 0 Å². The number of nitrogens with one attached hydrogen (secondary N) is 1. The van der Waals surface area contributed by atoms with E-state index in [4.69, 9.17) is 0 Å². The van der Waals surface area contributed by atoms with Gasteiger partial charge in [-0.25, -0.2) is 0 Å². The van der Waals surface area contributed by atoms with Crippen molar-refractivity contribution in [2.24, 2.45) is 0 Å². The van der Waals surface area contributed by atoms with Gasteiger partial charge in [-0.3, -0.25) is 4.79 Å². The topological polar surface area (TPSA) is 32.3 Å². The van der Waals surface area contributed by atoms with Gasteiger partial charge in [0, 0.05) is 13.1 Å². The van der Waals surface area contributed by atoms with Crippen LogP contribution in [0.5, 0.6) is 0 Å². The van der Waals surface area contributed by atoms with Gasteiger partial charge in [-0.15, -0.1) is 0 Å². The Bertz CT molecular complexity index is 456. The van der Waals surface area contributed by atoms with E-state index in [9.17, 15) is 4.79 Å². The highest BCUT2D eigenvalue weighted by Crippen LogP contribution is 2.23. The van der Waals surface area contributed by atoms with Crippen molar-refractivity contribution in [2.75, 3.05) is 19.6 Å². The summed E-state index contributed by atoms with van der Waals surface area (Å²) in [6.45, 7) is 3.09. The maximum Gasteiger partial charge on any atom is 0.236 e. The number of hydrogen-bond donors (Lipinski definition) is 1. The van der Waals surface area contributed by atoms with Crippen molar-refractivity contribution in [1.82, 2.24) is 10.2 Å². The van der Waals surface area contributed by atoms with E-state index >= 15 is 0 Å². The van der Waals surface area contributed by atoms with E-state index in [0.29, 0.717) is 6.54 Å². The van der Waals surface area contributed by atoms with Crippen LogP contribution in [0.2, 0.25) is 0 Å². The number of amides is 1. The molecule has 1 aliphatic heterocycles. The van der Waals surface area contributed by atoms with Crippen LogP contribution >= 0.6 is 0 Å². The van der Waals surface area contributed by atoms with Crippen LogP contribution in [0.3, 0.4) is 0 Å². The first kappa shape index (κ1) is 11.7. The largest absolute Gasteiger partial charge is 0.337 e.